The van der Waals surface area contributed by atoms with Gasteiger partial charge in [-0.05, 0) is 35.2 Å². The molecule has 0 spiro atoms. The fraction of sp³-hybridized carbons (Fsp3) is 0.312. The first kappa shape index (κ1) is 14.2. The summed E-state index contributed by atoms with van der Waals surface area (Å²) in [5.41, 5.74) is 1.34. The van der Waals surface area contributed by atoms with E-state index in [1.165, 1.54) is 11.6 Å². The van der Waals surface area contributed by atoms with Gasteiger partial charge < -0.3 is 14.3 Å². The molecular weight excluding hydrogens is 256 g/mol. The van der Waals surface area contributed by atoms with Crippen LogP contribution in [-0.2, 0) is 12.0 Å². The predicted molar refractivity (Wildman–Crippen MR) is 75.1 cm³/mol. The summed E-state index contributed by atoms with van der Waals surface area (Å²) in [6.07, 6.45) is 0. The molecule has 106 valence electrons. The highest BCUT2D eigenvalue weighted by Gasteiger charge is 2.13. The molecule has 20 heavy (non-hydrogen) atoms. The number of ether oxygens (including phenoxy) is 1. The zero-order valence-corrected chi connectivity index (χ0v) is 11.8. The zero-order valence-electron chi connectivity index (χ0n) is 11.8. The van der Waals surface area contributed by atoms with Crippen LogP contribution >= 0.6 is 0 Å². The van der Waals surface area contributed by atoms with Crippen molar-refractivity contribution >= 4 is 5.97 Å². The summed E-state index contributed by atoms with van der Waals surface area (Å²) < 4.78 is 10.7. The van der Waals surface area contributed by atoms with E-state index in [9.17, 15) is 4.79 Å². The number of benzene rings is 1. The van der Waals surface area contributed by atoms with Crippen LogP contribution in [0.15, 0.2) is 40.8 Å². The average Bonchev–Trinajstić information content (AvgIpc) is 2.85. The van der Waals surface area contributed by atoms with Crippen molar-refractivity contribution in [3.05, 3.63) is 53.5 Å². The summed E-state index contributed by atoms with van der Waals surface area (Å²) in [5, 5.41) is 8.76. The predicted octanol–water partition coefficient (Wildman–Crippen LogP) is 3.85. The summed E-state index contributed by atoms with van der Waals surface area (Å²) in [4.78, 5) is 10.7. The number of hydrogen-bond acceptors (Lipinski definition) is 3. The van der Waals surface area contributed by atoms with Crippen molar-refractivity contribution in [2.24, 2.45) is 0 Å². The first-order valence-corrected chi connectivity index (χ1v) is 6.41. The molecule has 1 heterocycles. The Morgan fingerprint density at radius 1 is 1.15 bits per heavy atom. The molecule has 1 N–H and O–H groups in total. The van der Waals surface area contributed by atoms with Crippen LogP contribution in [0.25, 0.3) is 0 Å². The van der Waals surface area contributed by atoms with E-state index in [0.717, 1.165) is 5.75 Å². The minimum atomic E-state index is -1.08. The Morgan fingerprint density at radius 2 is 1.80 bits per heavy atom. The van der Waals surface area contributed by atoms with E-state index < -0.39 is 5.97 Å². The van der Waals surface area contributed by atoms with Gasteiger partial charge in [-0.1, -0.05) is 32.9 Å². The number of rotatable bonds is 4. The second-order valence-corrected chi connectivity index (χ2v) is 5.63. The zero-order chi connectivity index (χ0) is 14.8. The van der Waals surface area contributed by atoms with Gasteiger partial charge in [-0.3, -0.25) is 0 Å². The molecule has 0 saturated carbocycles. The second kappa shape index (κ2) is 5.41. The molecule has 0 aliphatic carbocycles. The molecule has 2 rings (SSSR count). The average molecular weight is 274 g/mol. The van der Waals surface area contributed by atoms with E-state index >= 15 is 0 Å². The van der Waals surface area contributed by atoms with E-state index in [1.54, 1.807) is 6.07 Å². The van der Waals surface area contributed by atoms with Gasteiger partial charge in [-0.25, -0.2) is 4.79 Å². The first-order chi connectivity index (χ1) is 9.36. The molecule has 0 saturated heterocycles. The summed E-state index contributed by atoms with van der Waals surface area (Å²) in [7, 11) is 0. The largest absolute Gasteiger partial charge is 0.486 e. The van der Waals surface area contributed by atoms with Crippen LogP contribution in [0.5, 0.6) is 5.75 Å². The fourth-order valence-electron chi connectivity index (χ4n) is 1.78. The third kappa shape index (κ3) is 3.41. The van der Waals surface area contributed by atoms with E-state index in [-0.39, 0.29) is 17.8 Å². The molecule has 0 amide bonds. The lowest BCUT2D eigenvalue weighted by molar-refractivity contribution is 0.0658. The summed E-state index contributed by atoms with van der Waals surface area (Å²) in [5.74, 6) is 0.0611. The van der Waals surface area contributed by atoms with Gasteiger partial charge in [0.25, 0.3) is 0 Å². The molecule has 0 fully saturated rings. The van der Waals surface area contributed by atoms with Crippen LogP contribution in [0, 0.1) is 0 Å². The van der Waals surface area contributed by atoms with Gasteiger partial charge >= 0.3 is 5.97 Å². The second-order valence-electron chi connectivity index (χ2n) is 5.63. The number of aromatic carboxylic acids is 1. The van der Waals surface area contributed by atoms with Crippen molar-refractivity contribution < 1.29 is 19.1 Å². The lowest BCUT2D eigenvalue weighted by Crippen LogP contribution is -2.10. The normalized spacial score (nSPS) is 11.3. The van der Waals surface area contributed by atoms with Gasteiger partial charge in [0.05, 0.1) is 0 Å². The van der Waals surface area contributed by atoms with Crippen LogP contribution in [0.2, 0.25) is 0 Å². The molecule has 0 aliphatic rings. The van der Waals surface area contributed by atoms with E-state index in [2.05, 4.69) is 20.8 Å². The quantitative estimate of drug-likeness (QED) is 0.919. The molecule has 0 bridgehead atoms. The molecule has 1 aromatic heterocycles. The van der Waals surface area contributed by atoms with Gasteiger partial charge in [0, 0.05) is 0 Å². The van der Waals surface area contributed by atoms with E-state index in [0.29, 0.717) is 5.76 Å². The van der Waals surface area contributed by atoms with Crippen LogP contribution in [0.1, 0.15) is 42.6 Å². The van der Waals surface area contributed by atoms with Crippen molar-refractivity contribution in [2.45, 2.75) is 32.8 Å². The Morgan fingerprint density at radius 3 is 2.30 bits per heavy atom. The minimum absolute atomic E-state index is 0.0771. The minimum Gasteiger partial charge on any atom is -0.486 e. The molecule has 0 atom stereocenters. The van der Waals surface area contributed by atoms with E-state index in [4.69, 9.17) is 14.3 Å². The van der Waals surface area contributed by atoms with Crippen LogP contribution in [-0.4, -0.2) is 11.1 Å². The first-order valence-electron chi connectivity index (χ1n) is 6.41. The Labute approximate surface area is 118 Å². The molecule has 1 aromatic carbocycles. The molecule has 0 radical (unpaired) electrons. The van der Waals surface area contributed by atoms with Crippen molar-refractivity contribution in [1.82, 2.24) is 0 Å². The molecule has 2 aromatic rings. The third-order valence-corrected chi connectivity index (χ3v) is 2.97. The Balaban J connectivity index is 1.98. The van der Waals surface area contributed by atoms with Gasteiger partial charge in [-0.2, -0.15) is 0 Å². The van der Waals surface area contributed by atoms with Gasteiger partial charge in [-0.15, -0.1) is 0 Å². The monoisotopic (exact) mass is 274 g/mol. The number of carboxylic acid groups (broad SMARTS) is 1. The fourth-order valence-corrected chi connectivity index (χ4v) is 1.78. The molecule has 0 aliphatic heterocycles. The third-order valence-electron chi connectivity index (χ3n) is 2.97. The SMILES string of the molecule is CC(C)(C)c1ccc(OCc2ccc(C(=O)O)o2)cc1. The van der Waals surface area contributed by atoms with Gasteiger partial charge in [0.2, 0.25) is 5.76 Å². The highest BCUT2D eigenvalue weighted by molar-refractivity contribution is 5.84. The van der Waals surface area contributed by atoms with Crippen molar-refractivity contribution in [2.75, 3.05) is 0 Å². The molecule has 4 nitrogen and oxygen atoms in total. The lowest BCUT2D eigenvalue weighted by Gasteiger charge is -2.19. The number of furan rings is 1. The standard InChI is InChI=1S/C16H18O4/c1-16(2,3)11-4-6-12(7-5-11)19-10-13-8-9-14(20-13)15(17)18/h4-9H,10H2,1-3H3,(H,17,18). The number of carbonyl (C=O) groups is 1. The van der Waals surface area contributed by atoms with Crippen LogP contribution < -0.4 is 4.74 Å². The topological polar surface area (TPSA) is 59.7 Å². The highest BCUT2D eigenvalue weighted by atomic mass is 16.5. The summed E-state index contributed by atoms with van der Waals surface area (Å²) >= 11 is 0. The van der Waals surface area contributed by atoms with Crippen molar-refractivity contribution in [3.8, 4) is 5.75 Å². The van der Waals surface area contributed by atoms with E-state index in [1.807, 2.05) is 24.3 Å². The Hall–Kier alpha value is -2.23. The molecule has 0 unspecified atom stereocenters. The maximum atomic E-state index is 10.7. The summed E-state index contributed by atoms with van der Waals surface area (Å²) in [6.45, 7) is 6.67. The van der Waals surface area contributed by atoms with Crippen LogP contribution in [0.3, 0.4) is 0 Å². The number of carboxylic acids is 1. The van der Waals surface area contributed by atoms with Crippen molar-refractivity contribution in [1.29, 1.82) is 0 Å². The maximum absolute atomic E-state index is 10.7. The maximum Gasteiger partial charge on any atom is 0.371 e. The highest BCUT2D eigenvalue weighted by Crippen LogP contribution is 2.24. The van der Waals surface area contributed by atoms with Gasteiger partial charge in [0.1, 0.15) is 18.1 Å². The number of hydrogen-bond donors (Lipinski definition) is 1. The Bertz CT molecular complexity index is 588. The molecular formula is C16H18O4. The lowest BCUT2D eigenvalue weighted by atomic mass is 9.87. The van der Waals surface area contributed by atoms with Crippen LogP contribution in [0.4, 0.5) is 0 Å². The van der Waals surface area contributed by atoms with Crippen molar-refractivity contribution in [3.63, 3.8) is 0 Å². The molecule has 4 heteroatoms. The van der Waals surface area contributed by atoms with Gasteiger partial charge in [0.15, 0.2) is 0 Å². The smallest absolute Gasteiger partial charge is 0.371 e. The Kier molecular flexibility index (Phi) is 3.84. The summed E-state index contributed by atoms with van der Waals surface area (Å²) in [6, 6.07) is 10.9.